The summed E-state index contributed by atoms with van der Waals surface area (Å²) in [4.78, 5) is 9.05. The third-order valence-corrected chi connectivity index (χ3v) is 3.96. The van der Waals surface area contributed by atoms with Crippen molar-refractivity contribution in [2.24, 2.45) is 5.10 Å². The quantitative estimate of drug-likeness (QED) is 0.307. The Morgan fingerprint density at radius 1 is 0.963 bits per heavy atom. The highest BCUT2D eigenvalue weighted by Crippen LogP contribution is 2.24. The Hall–Kier alpha value is -2.91. The lowest BCUT2D eigenvalue weighted by atomic mass is 10.1. The molecular weight excluding hydrogens is 348 g/mol. The first-order chi connectivity index (χ1) is 13.1. The molecule has 0 saturated heterocycles. The number of aromatic nitrogens is 2. The van der Waals surface area contributed by atoms with Gasteiger partial charge in [-0.3, -0.25) is 5.43 Å². The first-order valence-electron chi connectivity index (χ1n) is 8.36. The fourth-order valence-corrected chi connectivity index (χ4v) is 2.48. The van der Waals surface area contributed by atoms with Gasteiger partial charge in [-0.15, -0.1) is 0 Å². The highest BCUT2D eigenvalue weighted by molar-refractivity contribution is 5.90. The summed E-state index contributed by atoms with van der Waals surface area (Å²) in [5.41, 5.74) is 4.31. The van der Waals surface area contributed by atoms with E-state index in [4.69, 9.17) is 5.11 Å². The topological polar surface area (TPSA) is 131 Å². The molecule has 1 heterocycles. The van der Waals surface area contributed by atoms with Crippen molar-refractivity contribution < 1.29 is 20.4 Å². The molecule has 2 aromatic carbocycles. The number of benzene rings is 2. The van der Waals surface area contributed by atoms with Crippen LogP contribution in [0.15, 0.2) is 59.7 Å². The van der Waals surface area contributed by atoms with Crippen molar-refractivity contribution in [2.45, 2.75) is 18.3 Å². The van der Waals surface area contributed by atoms with Crippen molar-refractivity contribution in [1.29, 1.82) is 0 Å². The summed E-state index contributed by atoms with van der Waals surface area (Å²) >= 11 is 0. The molecule has 3 aromatic rings. The maximum atomic E-state index is 9.80. The summed E-state index contributed by atoms with van der Waals surface area (Å²) in [5.74, 6) is 0.948. The number of rotatable bonds is 7. The summed E-state index contributed by atoms with van der Waals surface area (Å²) in [6.07, 6.45) is -3.44. The first-order valence-corrected chi connectivity index (χ1v) is 8.36. The fourth-order valence-electron chi connectivity index (χ4n) is 2.48. The van der Waals surface area contributed by atoms with Crippen LogP contribution < -0.4 is 5.43 Å². The van der Waals surface area contributed by atoms with Gasteiger partial charge in [0, 0.05) is 10.9 Å². The fraction of sp³-hybridized carbons (Fsp3) is 0.211. The predicted molar refractivity (Wildman–Crippen MR) is 102 cm³/mol. The van der Waals surface area contributed by atoms with Crippen LogP contribution in [-0.2, 0) is 0 Å². The number of aliphatic hydroxyl groups excluding tert-OH is 4. The van der Waals surface area contributed by atoms with Crippen molar-refractivity contribution in [1.82, 2.24) is 9.97 Å². The number of hydrogen-bond acceptors (Lipinski definition) is 8. The summed E-state index contributed by atoms with van der Waals surface area (Å²) in [5, 5.41) is 42.2. The minimum Gasteiger partial charge on any atom is -0.394 e. The molecule has 0 spiro atoms. The molecule has 0 aliphatic rings. The Bertz CT molecular complexity index is 920. The Morgan fingerprint density at radius 3 is 2.41 bits per heavy atom. The molecule has 140 valence electrons. The van der Waals surface area contributed by atoms with Gasteiger partial charge < -0.3 is 20.4 Å². The smallest absolute Gasteiger partial charge is 0.162 e. The van der Waals surface area contributed by atoms with Crippen LogP contribution in [0.4, 0.5) is 5.82 Å². The molecule has 8 nitrogen and oxygen atoms in total. The van der Waals surface area contributed by atoms with Crippen molar-refractivity contribution in [3.05, 3.63) is 54.6 Å². The largest absolute Gasteiger partial charge is 0.394 e. The van der Waals surface area contributed by atoms with E-state index < -0.39 is 24.9 Å². The van der Waals surface area contributed by atoms with Crippen LogP contribution in [-0.4, -0.2) is 61.5 Å². The van der Waals surface area contributed by atoms with Gasteiger partial charge in [-0.2, -0.15) is 5.10 Å². The average molecular weight is 368 g/mol. The second-order valence-corrected chi connectivity index (χ2v) is 5.90. The molecular formula is C19H20N4O4. The van der Waals surface area contributed by atoms with Crippen molar-refractivity contribution in [3.63, 3.8) is 0 Å². The molecule has 5 N–H and O–H groups in total. The molecule has 1 aromatic heterocycles. The van der Waals surface area contributed by atoms with E-state index in [1.807, 2.05) is 54.6 Å². The Morgan fingerprint density at radius 2 is 1.67 bits per heavy atom. The Balaban J connectivity index is 1.88. The van der Waals surface area contributed by atoms with Crippen LogP contribution in [0.5, 0.6) is 0 Å². The van der Waals surface area contributed by atoms with E-state index in [1.54, 1.807) is 0 Å². The Labute approximate surface area is 155 Å². The molecule has 0 radical (unpaired) electrons. The highest BCUT2D eigenvalue weighted by atomic mass is 16.4. The van der Waals surface area contributed by atoms with Crippen LogP contribution in [0.1, 0.15) is 0 Å². The number of hydrogen-bond donors (Lipinski definition) is 5. The zero-order valence-electron chi connectivity index (χ0n) is 14.3. The number of fused-ring (bicyclic) bond motifs is 1. The van der Waals surface area contributed by atoms with Gasteiger partial charge >= 0.3 is 0 Å². The molecule has 0 aliphatic carbocycles. The minimum absolute atomic E-state index is 0.431. The van der Waals surface area contributed by atoms with Crippen LogP contribution in [0.25, 0.3) is 22.3 Å². The summed E-state index contributed by atoms with van der Waals surface area (Å²) in [6, 6.07) is 16.9. The monoisotopic (exact) mass is 368 g/mol. The lowest BCUT2D eigenvalue weighted by molar-refractivity contribution is -0.0541. The van der Waals surface area contributed by atoms with Gasteiger partial charge in [0.25, 0.3) is 0 Å². The molecule has 0 saturated carbocycles. The van der Waals surface area contributed by atoms with E-state index in [0.29, 0.717) is 11.6 Å². The summed E-state index contributed by atoms with van der Waals surface area (Å²) in [6.45, 7) is -0.670. The van der Waals surface area contributed by atoms with Gasteiger partial charge in [0.05, 0.1) is 18.3 Å². The van der Waals surface area contributed by atoms with Crippen molar-refractivity contribution in [2.75, 3.05) is 12.0 Å². The third-order valence-electron chi connectivity index (χ3n) is 3.96. The van der Waals surface area contributed by atoms with Gasteiger partial charge in [-0.05, 0) is 12.1 Å². The normalized spacial score (nSPS) is 15.0. The standard InChI is InChI=1S/C19H20N4O4/c24-11-16(26)17(27)15(25)10-20-23-19-13-8-4-5-9-14(13)21-18(22-19)12-6-2-1-3-7-12/h1-10,15-17,24-27H,11H2,(H,21,22,23)/b20-10+/t15-,16+,17+/m0/s1. The van der Waals surface area contributed by atoms with Crippen LogP contribution in [0, 0.1) is 0 Å². The van der Waals surface area contributed by atoms with Crippen LogP contribution >= 0.6 is 0 Å². The number of nitrogens with one attached hydrogen (secondary N) is 1. The van der Waals surface area contributed by atoms with Crippen molar-refractivity contribution >= 4 is 22.9 Å². The highest BCUT2D eigenvalue weighted by Gasteiger charge is 2.22. The zero-order chi connectivity index (χ0) is 19.2. The molecule has 0 fully saturated rings. The lowest BCUT2D eigenvalue weighted by Gasteiger charge is -2.18. The summed E-state index contributed by atoms with van der Waals surface area (Å²) in [7, 11) is 0. The molecule has 3 rings (SSSR count). The van der Waals surface area contributed by atoms with Gasteiger partial charge in [0.1, 0.15) is 18.3 Å². The second kappa shape index (κ2) is 8.65. The van der Waals surface area contributed by atoms with Gasteiger partial charge in [0.15, 0.2) is 11.6 Å². The maximum Gasteiger partial charge on any atom is 0.162 e. The van der Waals surface area contributed by atoms with E-state index in [0.717, 1.165) is 22.7 Å². The maximum absolute atomic E-state index is 9.80. The number of hydrazone groups is 1. The number of anilines is 1. The Kier molecular flexibility index (Phi) is 6.05. The average Bonchev–Trinajstić information content (AvgIpc) is 2.72. The molecule has 27 heavy (non-hydrogen) atoms. The van der Waals surface area contributed by atoms with Gasteiger partial charge in [-0.1, -0.05) is 42.5 Å². The van der Waals surface area contributed by atoms with Crippen LogP contribution in [0.3, 0.4) is 0 Å². The van der Waals surface area contributed by atoms with E-state index in [1.165, 1.54) is 0 Å². The van der Waals surface area contributed by atoms with Crippen LogP contribution in [0.2, 0.25) is 0 Å². The van der Waals surface area contributed by atoms with Gasteiger partial charge in [0.2, 0.25) is 0 Å². The molecule has 0 bridgehead atoms. The third kappa shape index (κ3) is 4.44. The number of nitrogens with zero attached hydrogens (tertiary/aromatic N) is 3. The molecule has 0 amide bonds. The predicted octanol–water partition coefficient (Wildman–Crippen LogP) is 0.769. The summed E-state index contributed by atoms with van der Waals surface area (Å²) < 4.78 is 0. The van der Waals surface area contributed by atoms with E-state index in [9.17, 15) is 15.3 Å². The number of aliphatic hydroxyl groups is 4. The zero-order valence-corrected chi connectivity index (χ0v) is 14.3. The number of para-hydroxylation sites is 1. The minimum atomic E-state index is -1.55. The molecule has 0 aliphatic heterocycles. The first kappa shape index (κ1) is 18.9. The molecule has 3 atom stereocenters. The SMILES string of the molecule is OC[C@@H](O)[C@H](O)[C@@H](O)/C=N/Nc1nc(-c2ccccc2)nc2ccccc12. The van der Waals surface area contributed by atoms with Gasteiger partial charge in [-0.25, -0.2) is 9.97 Å². The molecule has 0 unspecified atom stereocenters. The lowest BCUT2D eigenvalue weighted by Crippen LogP contribution is -2.40. The van der Waals surface area contributed by atoms with E-state index in [-0.39, 0.29) is 0 Å². The van der Waals surface area contributed by atoms with E-state index in [2.05, 4.69) is 20.5 Å². The van der Waals surface area contributed by atoms with Crippen molar-refractivity contribution in [3.8, 4) is 11.4 Å². The second-order valence-electron chi connectivity index (χ2n) is 5.90. The molecule has 8 heteroatoms. The van der Waals surface area contributed by atoms with E-state index >= 15 is 0 Å².